The van der Waals surface area contributed by atoms with Crippen LogP contribution in [-0.2, 0) is 0 Å². The second-order valence-electron chi connectivity index (χ2n) is 17.5. The van der Waals surface area contributed by atoms with E-state index in [2.05, 4.69) is 208 Å². The van der Waals surface area contributed by atoms with Crippen LogP contribution in [0.1, 0.15) is 70.9 Å². The first kappa shape index (κ1) is 35.7. The molecule has 0 spiro atoms. The first-order valence-corrected chi connectivity index (χ1v) is 22.8. The standard InChI is InChI=1S/C60H42OS/c1-35-41-29-27-38(31-51(41)43-17-6-8-21-47(43)57(35)37-15-4-3-5-16-37)39-28-30-42-36(2)58(48-22-9-7-18-44(48)52(42)32-39)40-33-53-46-20-11-13-26-56(46)62-60(53)54(34-40)50-24-14-23-49-45-19-10-12-25-55(45)61-59(49)50/h3-36,57-58H,1-2H3. The van der Waals surface area contributed by atoms with Crippen molar-refractivity contribution in [3.8, 4) is 44.5 Å². The highest BCUT2D eigenvalue weighted by atomic mass is 32.1. The average molecular weight is 811 g/mol. The third kappa shape index (κ3) is 5.26. The van der Waals surface area contributed by atoms with E-state index in [1.165, 1.54) is 92.5 Å². The molecule has 4 atom stereocenters. The van der Waals surface area contributed by atoms with Gasteiger partial charge in [0.1, 0.15) is 11.2 Å². The van der Waals surface area contributed by atoms with Gasteiger partial charge >= 0.3 is 0 Å². The van der Waals surface area contributed by atoms with Crippen LogP contribution in [0.5, 0.6) is 0 Å². The van der Waals surface area contributed by atoms with Crippen LogP contribution in [0.3, 0.4) is 0 Å². The minimum atomic E-state index is 0.167. The van der Waals surface area contributed by atoms with Gasteiger partial charge < -0.3 is 4.42 Å². The zero-order valence-corrected chi connectivity index (χ0v) is 35.4. The van der Waals surface area contributed by atoms with Crippen molar-refractivity contribution in [2.45, 2.75) is 37.5 Å². The molecule has 4 unspecified atom stereocenters. The highest BCUT2D eigenvalue weighted by molar-refractivity contribution is 7.26. The molecule has 0 radical (unpaired) electrons. The molecule has 2 aliphatic carbocycles. The number of para-hydroxylation sites is 2. The van der Waals surface area contributed by atoms with Gasteiger partial charge in [0.2, 0.25) is 0 Å². The summed E-state index contributed by atoms with van der Waals surface area (Å²) >= 11 is 1.89. The summed E-state index contributed by atoms with van der Waals surface area (Å²) in [4.78, 5) is 0. The second kappa shape index (κ2) is 13.8. The molecule has 2 heterocycles. The lowest BCUT2D eigenvalue weighted by Gasteiger charge is -2.35. The Hall–Kier alpha value is -7.00. The molecule has 0 amide bonds. The Bertz CT molecular complexity index is 3590. The summed E-state index contributed by atoms with van der Waals surface area (Å²) in [5.74, 6) is 1.11. The molecule has 0 fully saturated rings. The van der Waals surface area contributed by atoms with Crippen LogP contribution < -0.4 is 0 Å². The number of thiophene rings is 1. The summed E-state index contributed by atoms with van der Waals surface area (Å²) in [6.07, 6.45) is 0. The molecule has 294 valence electrons. The van der Waals surface area contributed by atoms with Crippen LogP contribution >= 0.6 is 11.3 Å². The van der Waals surface area contributed by atoms with E-state index in [9.17, 15) is 0 Å². The Balaban J connectivity index is 0.949. The summed E-state index contributed by atoms with van der Waals surface area (Å²) in [5, 5.41) is 4.94. The molecule has 0 N–H and O–H groups in total. The lowest BCUT2D eigenvalue weighted by molar-refractivity contribution is 0.649. The first-order valence-electron chi connectivity index (χ1n) is 22.0. The molecule has 0 aliphatic heterocycles. The minimum absolute atomic E-state index is 0.167. The molecule has 2 heteroatoms. The quantitative estimate of drug-likeness (QED) is 0.173. The van der Waals surface area contributed by atoms with Crippen LogP contribution in [0.2, 0.25) is 0 Å². The van der Waals surface area contributed by atoms with E-state index in [-0.39, 0.29) is 11.8 Å². The van der Waals surface area contributed by atoms with Gasteiger partial charge in [0.05, 0.1) is 0 Å². The van der Waals surface area contributed by atoms with Crippen LogP contribution in [-0.4, -0.2) is 0 Å². The average Bonchev–Trinajstić information content (AvgIpc) is 3.90. The van der Waals surface area contributed by atoms with E-state index in [1.807, 2.05) is 11.3 Å². The molecule has 9 aromatic carbocycles. The van der Waals surface area contributed by atoms with Crippen molar-refractivity contribution in [1.82, 2.24) is 0 Å². The van der Waals surface area contributed by atoms with Gasteiger partial charge in [-0.1, -0.05) is 172 Å². The number of hydrogen-bond donors (Lipinski definition) is 0. The number of furan rings is 1. The summed E-state index contributed by atoms with van der Waals surface area (Å²) in [6.45, 7) is 4.84. The molecule has 62 heavy (non-hydrogen) atoms. The summed E-state index contributed by atoms with van der Waals surface area (Å²) in [7, 11) is 0. The second-order valence-corrected chi connectivity index (χ2v) is 18.6. The third-order valence-electron chi connectivity index (χ3n) is 14.3. The fraction of sp³-hybridized carbons (Fsp3) is 0.100. The topological polar surface area (TPSA) is 13.1 Å². The van der Waals surface area contributed by atoms with Crippen molar-refractivity contribution in [3.05, 3.63) is 228 Å². The van der Waals surface area contributed by atoms with Gasteiger partial charge in [0.15, 0.2) is 0 Å². The van der Waals surface area contributed by atoms with E-state index in [4.69, 9.17) is 4.42 Å². The number of benzene rings is 9. The maximum atomic E-state index is 6.70. The predicted molar refractivity (Wildman–Crippen MR) is 262 cm³/mol. The van der Waals surface area contributed by atoms with Crippen LogP contribution in [0.25, 0.3) is 86.6 Å². The highest BCUT2D eigenvalue weighted by Crippen LogP contribution is 2.54. The normalized spacial score (nSPS) is 17.8. The fourth-order valence-corrected chi connectivity index (χ4v) is 12.7. The van der Waals surface area contributed by atoms with Crippen LogP contribution in [0.15, 0.2) is 199 Å². The van der Waals surface area contributed by atoms with Gasteiger partial charge in [-0.3, -0.25) is 0 Å². The van der Waals surface area contributed by atoms with Gasteiger partial charge in [-0.2, -0.15) is 0 Å². The zero-order valence-electron chi connectivity index (χ0n) is 34.6. The van der Waals surface area contributed by atoms with Crippen molar-refractivity contribution in [3.63, 3.8) is 0 Å². The number of rotatable bonds is 4. The van der Waals surface area contributed by atoms with Gasteiger partial charge in [0.25, 0.3) is 0 Å². The number of fused-ring (bicyclic) bond motifs is 12. The van der Waals surface area contributed by atoms with E-state index >= 15 is 0 Å². The third-order valence-corrected chi connectivity index (χ3v) is 15.5. The van der Waals surface area contributed by atoms with Crippen molar-refractivity contribution in [2.75, 3.05) is 0 Å². The Morgan fingerprint density at radius 2 is 0.935 bits per heavy atom. The molecule has 13 rings (SSSR count). The fourth-order valence-electron chi connectivity index (χ4n) is 11.4. The van der Waals surface area contributed by atoms with Gasteiger partial charge in [-0.15, -0.1) is 11.3 Å². The Kier molecular flexibility index (Phi) is 7.93. The SMILES string of the molecule is CC1c2ccc(-c3ccc4c(c3)-c3ccccc3C(c3cc(-c5cccc6c5oc5ccccc56)c5sc6ccccc6c5c3)C4C)cc2-c2ccccc2C1c1ccccc1. The first-order chi connectivity index (χ1) is 30.6. The molecule has 2 aliphatic rings. The largest absolute Gasteiger partial charge is 0.455 e. The molecular formula is C60H42OS. The lowest BCUT2D eigenvalue weighted by Crippen LogP contribution is -2.17. The van der Waals surface area contributed by atoms with Crippen LogP contribution in [0, 0.1) is 0 Å². The maximum absolute atomic E-state index is 6.70. The Morgan fingerprint density at radius 1 is 0.371 bits per heavy atom. The van der Waals surface area contributed by atoms with E-state index in [0.29, 0.717) is 11.8 Å². The highest BCUT2D eigenvalue weighted by Gasteiger charge is 2.35. The molecule has 0 bridgehead atoms. The Labute approximate surface area is 365 Å². The molecule has 11 aromatic rings. The van der Waals surface area contributed by atoms with Crippen molar-refractivity contribution in [1.29, 1.82) is 0 Å². The molecule has 0 saturated carbocycles. The van der Waals surface area contributed by atoms with Gasteiger partial charge in [0, 0.05) is 53.9 Å². The van der Waals surface area contributed by atoms with Crippen LogP contribution in [0.4, 0.5) is 0 Å². The maximum Gasteiger partial charge on any atom is 0.143 e. The smallest absolute Gasteiger partial charge is 0.143 e. The Morgan fingerprint density at radius 3 is 1.65 bits per heavy atom. The molecular weight excluding hydrogens is 769 g/mol. The van der Waals surface area contributed by atoms with Gasteiger partial charge in [-0.25, -0.2) is 0 Å². The van der Waals surface area contributed by atoms with E-state index in [1.54, 1.807) is 0 Å². The van der Waals surface area contributed by atoms with Crippen molar-refractivity contribution in [2.24, 2.45) is 0 Å². The van der Waals surface area contributed by atoms with E-state index < -0.39 is 0 Å². The summed E-state index contributed by atoms with van der Waals surface area (Å²) in [5.41, 5.74) is 20.5. The van der Waals surface area contributed by atoms with E-state index in [0.717, 1.165) is 27.5 Å². The van der Waals surface area contributed by atoms with Gasteiger partial charge in [-0.05, 0) is 115 Å². The molecule has 2 aromatic heterocycles. The lowest BCUT2D eigenvalue weighted by atomic mass is 9.68. The van der Waals surface area contributed by atoms with Crippen molar-refractivity contribution < 1.29 is 4.42 Å². The molecule has 0 saturated heterocycles. The number of hydrogen-bond acceptors (Lipinski definition) is 2. The predicted octanol–water partition coefficient (Wildman–Crippen LogP) is 17.1. The molecule has 1 nitrogen and oxygen atoms in total. The van der Waals surface area contributed by atoms with Crippen molar-refractivity contribution >= 4 is 53.4 Å². The summed E-state index contributed by atoms with van der Waals surface area (Å²) < 4.78 is 9.32. The zero-order chi connectivity index (χ0) is 41.1. The minimum Gasteiger partial charge on any atom is -0.455 e. The summed E-state index contributed by atoms with van der Waals surface area (Å²) in [6, 6.07) is 72.7. The monoisotopic (exact) mass is 810 g/mol.